The Bertz CT molecular complexity index is 1120. The molecule has 0 spiro atoms. The number of nitrogens with zero attached hydrogens (tertiary/aromatic N) is 2. The van der Waals surface area contributed by atoms with E-state index in [0.717, 1.165) is 12.1 Å². The second kappa shape index (κ2) is 6.09. The maximum atomic E-state index is 12.9. The molecule has 158 valence electrons. The topological polar surface area (TPSA) is 46.9 Å². The van der Waals surface area contributed by atoms with E-state index in [1.165, 1.54) is 0 Å². The molecule has 0 atom stereocenters. The molecule has 0 saturated heterocycles. The van der Waals surface area contributed by atoms with Crippen LogP contribution in [0.15, 0.2) is 59.9 Å². The third kappa shape index (κ3) is 5.00. The van der Waals surface area contributed by atoms with Gasteiger partial charge < -0.3 is 14.4 Å². The van der Waals surface area contributed by atoms with Crippen LogP contribution < -0.4 is 10.6 Å². The van der Waals surface area contributed by atoms with Gasteiger partial charge in [-0.2, -0.15) is 0 Å². The summed E-state index contributed by atoms with van der Waals surface area (Å²) in [5.41, 5.74) is 1.83. The number of hydrogen-bond donors (Lipinski definition) is 1. The van der Waals surface area contributed by atoms with Crippen molar-refractivity contribution < 1.29 is 24.0 Å². The van der Waals surface area contributed by atoms with Crippen molar-refractivity contribution in [3.63, 3.8) is 0 Å². The molecule has 3 rings (SSSR count). The molecular weight excluding hydrogens is 432 g/mol. The number of aryl methyl sites for hydroxylation is 1. The van der Waals surface area contributed by atoms with Crippen molar-refractivity contribution in [3.05, 3.63) is 55.0 Å². The van der Waals surface area contributed by atoms with E-state index in [4.69, 9.17) is 0 Å². The van der Waals surface area contributed by atoms with E-state index in [-0.39, 0.29) is 5.69 Å². The van der Waals surface area contributed by atoms with Gasteiger partial charge in [0.2, 0.25) is 0 Å². The Balaban J connectivity index is 2.02. The molecule has 0 aliphatic heterocycles. The van der Waals surface area contributed by atoms with Crippen molar-refractivity contribution in [3.8, 4) is 11.3 Å². The van der Waals surface area contributed by atoms with E-state index < -0.39 is 22.3 Å². The summed E-state index contributed by atoms with van der Waals surface area (Å²) in [7, 11) is -10.5. The summed E-state index contributed by atoms with van der Waals surface area (Å²) in [5, 5.41) is 3.54. The van der Waals surface area contributed by atoms with Crippen molar-refractivity contribution in [1.29, 1.82) is 0 Å². The Hall–Kier alpha value is -2.32. The summed E-state index contributed by atoms with van der Waals surface area (Å²) in [6, 6.07) is 7.57. The van der Waals surface area contributed by atoms with Gasteiger partial charge in [0, 0.05) is 35.5 Å². The Morgan fingerprint density at radius 1 is 1.00 bits per heavy atom. The summed E-state index contributed by atoms with van der Waals surface area (Å²) < 4.78 is 78.6. The van der Waals surface area contributed by atoms with E-state index >= 15 is 0 Å². The van der Waals surface area contributed by atoms with Crippen LogP contribution in [0.5, 0.6) is 0 Å². The first kappa shape index (κ1) is 21.4. The highest BCUT2D eigenvalue weighted by atomic mass is 32.5. The Morgan fingerprint density at radius 2 is 1.62 bits per heavy atom. The monoisotopic (exact) mass is 451 g/mol. The zero-order chi connectivity index (χ0) is 21.7. The predicted molar refractivity (Wildman–Crippen MR) is 109 cm³/mol. The van der Waals surface area contributed by atoms with Crippen molar-refractivity contribution in [2.24, 2.45) is 7.05 Å². The number of hydrogen-bond acceptors (Lipinski definition) is 3. The number of imidazole rings is 1. The number of benzene rings is 2. The largest absolute Gasteiger partial charge is 0.355 e. The van der Waals surface area contributed by atoms with Crippen molar-refractivity contribution in [2.45, 2.75) is 4.90 Å². The van der Waals surface area contributed by atoms with E-state index in [0.29, 0.717) is 34.4 Å². The maximum Gasteiger partial charge on any atom is 0.310 e. The fourth-order valence-corrected chi connectivity index (χ4v) is 4.21. The second-order valence-electron chi connectivity index (χ2n) is 7.12. The molecule has 0 aliphatic rings. The summed E-state index contributed by atoms with van der Waals surface area (Å²) in [5.74, 6) is 0. The van der Waals surface area contributed by atoms with Crippen LogP contribution >= 0.6 is 17.4 Å². The molecule has 11 heteroatoms. The van der Waals surface area contributed by atoms with Crippen LogP contribution in [0.3, 0.4) is 0 Å². The molecule has 0 bridgehead atoms. The minimum Gasteiger partial charge on any atom is -0.355 e. The van der Waals surface area contributed by atoms with Crippen LogP contribution in [0.1, 0.15) is 0 Å². The van der Waals surface area contributed by atoms with Gasteiger partial charge in [-0.05, 0) is 55.8 Å². The fourth-order valence-electron chi connectivity index (χ4n) is 2.69. The highest BCUT2D eigenvalue weighted by molar-refractivity contribution is 8.45. The lowest BCUT2D eigenvalue weighted by Crippen LogP contribution is -2.06. The molecular formula is C18H19F5N3OPS. The molecule has 0 aliphatic carbocycles. The van der Waals surface area contributed by atoms with Crippen LogP contribution in [0, 0.1) is 0 Å². The van der Waals surface area contributed by atoms with Gasteiger partial charge in [0.15, 0.2) is 0 Å². The van der Waals surface area contributed by atoms with Crippen molar-refractivity contribution in [2.75, 3.05) is 18.6 Å². The normalized spacial score (nSPS) is 14.9. The second-order valence-corrected chi connectivity index (χ2v) is 12.8. The van der Waals surface area contributed by atoms with Crippen LogP contribution in [0.25, 0.3) is 11.3 Å². The van der Waals surface area contributed by atoms with E-state index in [1.54, 1.807) is 55.7 Å². The van der Waals surface area contributed by atoms with Gasteiger partial charge in [-0.3, -0.25) is 0 Å². The molecule has 0 unspecified atom stereocenters. The number of halogens is 5. The summed E-state index contributed by atoms with van der Waals surface area (Å²) in [6.07, 6.45) is 3.31. The van der Waals surface area contributed by atoms with Crippen LogP contribution in [0.4, 0.5) is 30.8 Å². The Morgan fingerprint density at radius 3 is 2.10 bits per heavy atom. The molecule has 29 heavy (non-hydrogen) atoms. The molecule has 0 fully saturated rings. The van der Waals surface area contributed by atoms with E-state index in [2.05, 4.69) is 10.3 Å². The average molecular weight is 451 g/mol. The first-order chi connectivity index (χ1) is 13.0. The molecule has 0 amide bonds. The lowest BCUT2D eigenvalue weighted by atomic mass is 10.1. The van der Waals surface area contributed by atoms with Gasteiger partial charge in [0.05, 0.1) is 12.0 Å². The molecule has 0 saturated carbocycles. The van der Waals surface area contributed by atoms with Crippen molar-refractivity contribution >= 4 is 34.0 Å². The summed E-state index contributed by atoms with van der Waals surface area (Å²) in [4.78, 5) is 2.32. The zero-order valence-electron chi connectivity index (χ0n) is 15.7. The molecule has 1 N–H and O–H groups in total. The highest BCUT2D eigenvalue weighted by Crippen LogP contribution is 3.02. The minimum atomic E-state index is -9.72. The Kier molecular flexibility index (Phi) is 4.49. The lowest BCUT2D eigenvalue weighted by Gasteiger charge is -2.40. The molecule has 2 aromatic carbocycles. The molecule has 3 aromatic rings. The number of aromatic nitrogens is 2. The van der Waals surface area contributed by atoms with Gasteiger partial charge in [0.25, 0.3) is 0 Å². The predicted octanol–water partition coefficient (Wildman–Crippen LogP) is 6.74. The summed E-state index contributed by atoms with van der Waals surface area (Å²) >= 11 is 0. The summed E-state index contributed by atoms with van der Waals surface area (Å²) in [6.45, 7) is 3.24. The third-order valence-corrected chi connectivity index (χ3v) is 6.87. The molecule has 1 heterocycles. The standard InChI is InChI=1S/C18H19F5N3OPS/c1-26-11-18(24-12-26)16-10-14(28(2,3)27)6-9-17(16)25-13-4-7-15(8-5-13)29(19,20,21,22)23/h4-12,25H,1-3H3. The number of rotatable bonds is 5. The molecule has 4 nitrogen and oxygen atoms in total. The zero-order valence-corrected chi connectivity index (χ0v) is 17.5. The quantitative estimate of drug-likeness (QED) is 0.345. The number of nitrogens with one attached hydrogen (secondary N) is 1. The highest BCUT2D eigenvalue weighted by Gasteiger charge is 2.65. The molecule has 0 radical (unpaired) electrons. The average Bonchev–Trinajstić information content (AvgIpc) is 2.99. The van der Waals surface area contributed by atoms with Crippen LogP contribution in [-0.2, 0) is 11.6 Å². The third-order valence-electron chi connectivity index (χ3n) is 4.18. The van der Waals surface area contributed by atoms with Gasteiger partial charge in [0.1, 0.15) is 12.0 Å². The van der Waals surface area contributed by atoms with E-state index in [9.17, 15) is 24.0 Å². The first-order valence-electron chi connectivity index (χ1n) is 8.32. The van der Waals surface area contributed by atoms with Gasteiger partial charge in [-0.25, -0.2) is 4.98 Å². The molecule has 1 aromatic heterocycles. The Labute approximate surface area is 164 Å². The fraction of sp³-hybridized carbons (Fsp3) is 0.167. The SMILES string of the molecule is Cn1cnc(-c2cc(P(C)(C)=O)ccc2Nc2ccc(S(F)(F)(F)(F)F)cc2)c1. The van der Waals surface area contributed by atoms with Crippen molar-refractivity contribution in [1.82, 2.24) is 9.55 Å². The van der Waals surface area contributed by atoms with Gasteiger partial charge >= 0.3 is 10.2 Å². The smallest absolute Gasteiger partial charge is 0.310 e. The first-order valence-corrected chi connectivity index (χ1v) is 12.9. The van der Waals surface area contributed by atoms with Gasteiger partial charge in [-0.1, -0.05) is 19.4 Å². The van der Waals surface area contributed by atoms with Gasteiger partial charge in [-0.15, -0.1) is 0 Å². The maximum absolute atomic E-state index is 12.9. The number of anilines is 2. The minimum absolute atomic E-state index is 0.191. The lowest BCUT2D eigenvalue weighted by molar-refractivity contribution is 0.364. The van der Waals surface area contributed by atoms with Crippen LogP contribution in [-0.4, -0.2) is 22.9 Å². The van der Waals surface area contributed by atoms with E-state index in [1.807, 2.05) is 0 Å². The van der Waals surface area contributed by atoms with Crippen LogP contribution in [0.2, 0.25) is 0 Å².